The highest BCUT2D eigenvalue weighted by Gasteiger charge is 2.33. The molecule has 0 spiro atoms. The molecule has 0 fully saturated rings. The highest BCUT2D eigenvalue weighted by atomic mass is 32.1. The average molecular weight is 420 g/mol. The number of ether oxygens (including phenoxy) is 2. The number of hydrogen-bond acceptors (Lipinski definition) is 5. The Morgan fingerprint density at radius 2 is 1.50 bits per heavy atom. The topological polar surface area (TPSA) is 44.2 Å². The predicted molar refractivity (Wildman–Crippen MR) is 88.4 cm³/mol. The molecule has 0 saturated carbocycles. The van der Waals surface area contributed by atoms with Gasteiger partial charge in [0, 0.05) is 17.0 Å². The Morgan fingerprint density at radius 1 is 0.857 bits per heavy atom. The van der Waals surface area contributed by atoms with Crippen LogP contribution in [-0.2, 0) is 12.4 Å². The second-order valence-electron chi connectivity index (χ2n) is 5.39. The normalized spacial score (nSPS) is 12.1. The first-order chi connectivity index (χ1) is 13.1. The van der Waals surface area contributed by atoms with E-state index in [2.05, 4.69) is 9.97 Å². The van der Waals surface area contributed by atoms with E-state index >= 15 is 0 Å². The summed E-state index contributed by atoms with van der Waals surface area (Å²) in [5.41, 5.74) is -0.591. The van der Waals surface area contributed by atoms with E-state index in [0.717, 1.165) is 23.6 Å². The summed E-state index contributed by atoms with van der Waals surface area (Å²) in [6.45, 7) is 0. The third kappa shape index (κ3) is 4.53. The van der Waals surface area contributed by atoms with Crippen LogP contribution in [0.2, 0.25) is 0 Å². The van der Waals surface area contributed by atoms with Gasteiger partial charge in [-0.05, 0) is 12.1 Å². The summed E-state index contributed by atoms with van der Waals surface area (Å²) < 4.78 is 86.5. The molecule has 0 unspecified atom stereocenters. The van der Waals surface area contributed by atoms with Crippen LogP contribution in [-0.4, -0.2) is 17.1 Å². The van der Waals surface area contributed by atoms with Crippen molar-refractivity contribution in [3.05, 3.63) is 52.2 Å². The maximum Gasteiger partial charge on any atom is 0.425 e. The van der Waals surface area contributed by atoms with Crippen LogP contribution < -0.4 is 9.47 Å². The Kier molecular flexibility index (Phi) is 5.20. The van der Waals surface area contributed by atoms with E-state index in [-0.39, 0.29) is 28.9 Å². The molecule has 148 valence electrons. The Bertz CT molecular complexity index is 967. The highest BCUT2D eigenvalue weighted by Crippen LogP contribution is 2.38. The van der Waals surface area contributed by atoms with Crippen molar-refractivity contribution in [3.63, 3.8) is 0 Å². The Morgan fingerprint density at radius 3 is 2.04 bits per heavy atom. The first-order valence-electron chi connectivity index (χ1n) is 7.50. The molecule has 0 aliphatic rings. The monoisotopic (exact) mass is 420 g/mol. The lowest BCUT2D eigenvalue weighted by atomic mass is 10.1. The van der Waals surface area contributed by atoms with E-state index in [0.29, 0.717) is 11.3 Å². The second-order valence-corrected chi connectivity index (χ2v) is 6.30. The number of benzene rings is 1. The molecule has 28 heavy (non-hydrogen) atoms. The summed E-state index contributed by atoms with van der Waals surface area (Å²) in [6, 6.07) is 6.15. The van der Waals surface area contributed by atoms with E-state index in [4.69, 9.17) is 9.47 Å². The van der Waals surface area contributed by atoms with Gasteiger partial charge in [-0.15, -0.1) is 11.3 Å². The fourth-order valence-electron chi connectivity index (χ4n) is 2.14. The van der Waals surface area contributed by atoms with Crippen molar-refractivity contribution in [2.75, 3.05) is 7.11 Å². The van der Waals surface area contributed by atoms with Gasteiger partial charge < -0.3 is 9.47 Å². The van der Waals surface area contributed by atoms with Crippen molar-refractivity contribution in [1.82, 2.24) is 9.97 Å². The number of hydrogen-bond donors (Lipinski definition) is 0. The predicted octanol–water partition coefficient (Wildman–Crippen LogP) is 6.04. The minimum Gasteiger partial charge on any atom is -0.481 e. The maximum atomic E-state index is 12.7. The quantitative estimate of drug-likeness (QED) is 0.483. The minimum absolute atomic E-state index is 0.00523. The lowest BCUT2D eigenvalue weighted by molar-refractivity contribution is -0.137. The Balaban J connectivity index is 1.91. The number of methoxy groups -OCH3 is 1. The van der Waals surface area contributed by atoms with Gasteiger partial charge in [0.2, 0.25) is 11.8 Å². The lowest BCUT2D eigenvalue weighted by Crippen LogP contribution is -2.04. The molecular formula is C17H10F6N2O2S. The molecule has 0 amide bonds. The van der Waals surface area contributed by atoms with Gasteiger partial charge in [-0.2, -0.15) is 36.3 Å². The van der Waals surface area contributed by atoms with Crippen LogP contribution in [0.1, 0.15) is 10.4 Å². The minimum atomic E-state index is -4.50. The fourth-order valence-corrected chi connectivity index (χ4v) is 2.82. The van der Waals surface area contributed by atoms with Crippen molar-refractivity contribution in [1.29, 1.82) is 0 Å². The zero-order chi connectivity index (χ0) is 20.5. The van der Waals surface area contributed by atoms with E-state index in [1.54, 1.807) is 0 Å². The molecule has 0 N–H and O–H groups in total. The number of alkyl halides is 6. The number of thiophene rings is 1. The van der Waals surface area contributed by atoms with E-state index in [9.17, 15) is 26.3 Å². The van der Waals surface area contributed by atoms with Gasteiger partial charge in [0.15, 0.2) is 5.82 Å². The molecule has 2 heterocycles. The summed E-state index contributed by atoms with van der Waals surface area (Å²) in [5, 5.41) is 1.16. The molecular weight excluding hydrogens is 410 g/mol. The van der Waals surface area contributed by atoms with Crippen LogP contribution in [0.5, 0.6) is 17.5 Å². The van der Waals surface area contributed by atoms with Crippen LogP contribution >= 0.6 is 11.3 Å². The summed E-state index contributed by atoms with van der Waals surface area (Å²) in [5.74, 6) is -0.176. The maximum absolute atomic E-state index is 12.7. The number of aromatic nitrogens is 2. The third-order valence-corrected chi connectivity index (χ3v) is 4.39. The molecule has 4 nitrogen and oxygen atoms in total. The number of halogens is 6. The van der Waals surface area contributed by atoms with Crippen LogP contribution in [0, 0.1) is 0 Å². The van der Waals surface area contributed by atoms with Crippen molar-refractivity contribution in [2.24, 2.45) is 0 Å². The Labute approximate surface area is 158 Å². The van der Waals surface area contributed by atoms with Crippen LogP contribution in [0.25, 0.3) is 11.4 Å². The largest absolute Gasteiger partial charge is 0.481 e. The van der Waals surface area contributed by atoms with Gasteiger partial charge in [-0.25, -0.2) is 0 Å². The molecule has 0 bridgehead atoms. The van der Waals surface area contributed by atoms with Crippen molar-refractivity contribution < 1.29 is 35.8 Å². The molecule has 3 rings (SSSR count). The molecule has 0 atom stereocenters. The molecule has 3 aromatic rings. The molecule has 2 aromatic heterocycles. The third-order valence-electron chi connectivity index (χ3n) is 3.44. The van der Waals surface area contributed by atoms with Gasteiger partial charge in [0.05, 0.1) is 18.7 Å². The highest BCUT2D eigenvalue weighted by molar-refractivity contribution is 7.10. The van der Waals surface area contributed by atoms with Crippen molar-refractivity contribution >= 4 is 11.3 Å². The van der Waals surface area contributed by atoms with Gasteiger partial charge in [-0.3, -0.25) is 0 Å². The van der Waals surface area contributed by atoms with Gasteiger partial charge in [-0.1, -0.05) is 12.1 Å². The van der Waals surface area contributed by atoms with E-state index < -0.39 is 22.8 Å². The van der Waals surface area contributed by atoms with Crippen molar-refractivity contribution in [2.45, 2.75) is 12.4 Å². The zero-order valence-corrected chi connectivity index (χ0v) is 14.7. The van der Waals surface area contributed by atoms with Crippen LogP contribution in [0.3, 0.4) is 0 Å². The summed E-state index contributed by atoms with van der Waals surface area (Å²) in [7, 11) is 1.30. The molecule has 0 radical (unpaired) electrons. The number of nitrogens with zero attached hydrogens (tertiary/aromatic N) is 2. The van der Waals surface area contributed by atoms with Crippen LogP contribution in [0.4, 0.5) is 26.3 Å². The summed E-state index contributed by atoms with van der Waals surface area (Å²) in [6.07, 6.45) is -8.99. The first-order valence-corrected chi connectivity index (χ1v) is 8.38. The lowest BCUT2D eigenvalue weighted by Gasteiger charge is -2.09. The SMILES string of the molecule is COc1cc(Oc2csc(C(F)(F)F)c2)nc(-c2ccc(C(F)(F)F)cc2)n1. The molecule has 1 aromatic carbocycles. The summed E-state index contributed by atoms with van der Waals surface area (Å²) in [4.78, 5) is 7.23. The Hall–Kier alpha value is -2.82. The van der Waals surface area contributed by atoms with Gasteiger partial charge in [0.25, 0.3) is 0 Å². The fraction of sp³-hybridized carbons (Fsp3) is 0.176. The smallest absolute Gasteiger partial charge is 0.425 e. The number of rotatable bonds is 4. The van der Waals surface area contributed by atoms with Gasteiger partial charge in [0.1, 0.15) is 10.6 Å². The standard InChI is InChI=1S/C17H10F6N2O2S/c1-26-13-7-14(27-11-6-12(28-8-11)17(21,22)23)25-15(24-13)9-2-4-10(5-3-9)16(18,19)20/h2-8H,1H3. The average Bonchev–Trinajstić information content (AvgIpc) is 3.09. The van der Waals surface area contributed by atoms with E-state index in [1.165, 1.54) is 25.3 Å². The molecule has 0 saturated heterocycles. The molecule has 0 aliphatic carbocycles. The zero-order valence-electron chi connectivity index (χ0n) is 13.9. The molecule has 0 aliphatic heterocycles. The van der Waals surface area contributed by atoms with Crippen LogP contribution in [0.15, 0.2) is 41.8 Å². The van der Waals surface area contributed by atoms with E-state index in [1.807, 2.05) is 0 Å². The molecule has 11 heteroatoms. The first kappa shape index (κ1) is 19.9. The van der Waals surface area contributed by atoms with Crippen molar-refractivity contribution in [3.8, 4) is 28.9 Å². The summed E-state index contributed by atoms with van der Waals surface area (Å²) >= 11 is 0.459. The van der Waals surface area contributed by atoms with Gasteiger partial charge >= 0.3 is 12.4 Å². The second kappa shape index (κ2) is 7.30.